The van der Waals surface area contributed by atoms with Crippen molar-refractivity contribution in [2.24, 2.45) is 15.7 Å². The van der Waals surface area contributed by atoms with E-state index in [0.717, 1.165) is 11.3 Å². The summed E-state index contributed by atoms with van der Waals surface area (Å²) < 4.78 is 19.1. The van der Waals surface area contributed by atoms with E-state index in [1.807, 2.05) is 36.1 Å². The Labute approximate surface area is 163 Å². The monoisotopic (exact) mass is 382 g/mol. The van der Waals surface area contributed by atoms with Crippen LogP contribution in [0.25, 0.3) is 0 Å². The molecule has 2 aromatic rings. The first-order chi connectivity index (χ1) is 13.6. The van der Waals surface area contributed by atoms with Gasteiger partial charge in [-0.05, 0) is 37.3 Å². The van der Waals surface area contributed by atoms with Crippen molar-refractivity contribution in [1.82, 2.24) is 4.90 Å². The van der Waals surface area contributed by atoms with Gasteiger partial charge in [0.05, 0.1) is 13.2 Å². The maximum atomic E-state index is 13.7. The van der Waals surface area contributed by atoms with E-state index >= 15 is 0 Å². The van der Waals surface area contributed by atoms with Crippen LogP contribution in [-0.2, 0) is 4.74 Å². The van der Waals surface area contributed by atoms with Crippen LogP contribution in [0.5, 0.6) is 0 Å². The van der Waals surface area contributed by atoms with Gasteiger partial charge in [-0.15, -0.1) is 0 Å². The van der Waals surface area contributed by atoms with Crippen LogP contribution in [0.15, 0.2) is 58.5 Å². The van der Waals surface area contributed by atoms with E-state index < -0.39 is 6.29 Å². The summed E-state index contributed by atoms with van der Waals surface area (Å²) in [5.74, 6) is 0.564. The molecule has 2 aromatic carbocycles. The lowest BCUT2D eigenvalue weighted by molar-refractivity contribution is 0.0671. The number of hydrogen-bond donors (Lipinski definition) is 2. The molecule has 1 unspecified atom stereocenters. The van der Waals surface area contributed by atoms with Crippen molar-refractivity contribution in [3.63, 3.8) is 0 Å². The van der Waals surface area contributed by atoms with Crippen LogP contribution in [-0.4, -0.2) is 49.4 Å². The fourth-order valence-corrected chi connectivity index (χ4v) is 3.25. The standard InChI is InChI=1S/C20H23FN6O/c1-14-5-7-17(8-6-14)27-19(23-16-4-2-3-15(21)13-16)24-18(22)25-20(27)26-9-11-28-12-10-26/h2-8,13,19,23H,9-12H2,1H3,(H2,22,24). The summed E-state index contributed by atoms with van der Waals surface area (Å²) in [5.41, 5.74) is 8.72. The molecule has 4 rings (SSSR count). The molecule has 2 aliphatic rings. The average molecular weight is 382 g/mol. The van der Waals surface area contributed by atoms with Crippen molar-refractivity contribution in [2.75, 3.05) is 36.5 Å². The summed E-state index contributed by atoms with van der Waals surface area (Å²) in [4.78, 5) is 13.1. The van der Waals surface area contributed by atoms with E-state index in [2.05, 4.69) is 20.2 Å². The molecule has 0 amide bonds. The molecule has 0 aromatic heterocycles. The minimum Gasteiger partial charge on any atom is -0.378 e. The van der Waals surface area contributed by atoms with Gasteiger partial charge in [0.15, 0.2) is 0 Å². The normalized spacial score (nSPS) is 19.9. The number of rotatable bonds is 3. The molecule has 2 aliphatic heterocycles. The van der Waals surface area contributed by atoms with Crippen molar-refractivity contribution in [3.05, 3.63) is 59.9 Å². The molecule has 2 heterocycles. The molecule has 28 heavy (non-hydrogen) atoms. The zero-order valence-electron chi connectivity index (χ0n) is 15.7. The van der Waals surface area contributed by atoms with Crippen LogP contribution in [0.3, 0.4) is 0 Å². The lowest BCUT2D eigenvalue weighted by Crippen LogP contribution is -2.57. The van der Waals surface area contributed by atoms with Gasteiger partial charge in [0.1, 0.15) is 5.82 Å². The van der Waals surface area contributed by atoms with Gasteiger partial charge in [0, 0.05) is 24.5 Å². The molecular formula is C20H23FN6O. The molecule has 0 saturated carbocycles. The van der Waals surface area contributed by atoms with Crippen molar-refractivity contribution < 1.29 is 9.13 Å². The summed E-state index contributed by atoms with van der Waals surface area (Å²) in [7, 11) is 0. The minimum atomic E-state index is -0.556. The van der Waals surface area contributed by atoms with Gasteiger partial charge in [-0.1, -0.05) is 23.8 Å². The Morgan fingerprint density at radius 2 is 1.89 bits per heavy atom. The Morgan fingerprint density at radius 1 is 1.14 bits per heavy atom. The number of nitrogens with one attached hydrogen (secondary N) is 1. The van der Waals surface area contributed by atoms with Gasteiger partial charge < -0.3 is 20.7 Å². The Balaban J connectivity index is 1.72. The van der Waals surface area contributed by atoms with Crippen molar-refractivity contribution in [1.29, 1.82) is 0 Å². The highest BCUT2D eigenvalue weighted by molar-refractivity contribution is 6.06. The zero-order valence-corrected chi connectivity index (χ0v) is 15.7. The second-order valence-electron chi connectivity index (χ2n) is 6.73. The third-order valence-corrected chi connectivity index (χ3v) is 4.66. The molecule has 0 spiro atoms. The SMILES string of the molecule is Cc1ccc(N2C(N3CCOCC3)=NC(N)=NC2Nc2cccc(F)c2)cc1. The highest BCUT2D eigenvalue weighted by Gasteiger charge is 2.32. The number of aliphatic imine (C=N–C) groups is 2. The predicted molar refractivity (Wildman–Crippen MR) is 109 cm³/mol. The Kier molecular flexibility index (Phi) is 5.12. The maximum Gasteiger partial charge on any atom is 0.222 e. The van der Waals surface area contributed by atoms with E-state index in [1.54, 1.807) is 12.1 Å². The number of morpholine rings is 1. The van der Waals surface area contributed by atoms with Gasteiger partial charge in [-0.3, -0.25) is 4.90 Å². The number of nitrogens with zero attached hydrogens (tertiary/aromatic N) is 4. The quantitative estimate of drug-likeness (QED) is 0.852. The van der Waals surface area contributed by atoms with Gasteiger partial charge in [-0.25, -0.2) is 9.38 Å². The van der Waals surface area contributed by atoms with Crippen molar-refractivity contribution in [2.45, 2.75) is 13.2 Å². The topological polar surface area (TPSA) is 78.5 Å². The van der Waals surface area contributed by atoms with Gasteiger partial charge in [0.2, 0.25) is 18.2 Å². The first-order valence-corrected chi connectivity index (χ1v) is 9.23. The summed E-state index contributed by atoms with van der Waals surface area (Å²) >= 11 is 0. The zero-order chi connectivity index (χ0) is 19.5. The summed E-state index contributed by atoms with van der Waals surface area (Å²) in [5, 5.41) is 3.26. The predicted octanol–water partition coefficient (Wildman–Crippen LogP) is 2.35. The third-order valence-electron chi connectivity index (χ3n) is 4.66. The number of guanidine groups is 2. The molecule has 7 nitrogen and oxygen atoms in total. The molecule has 1 saturated heterocycles. The van der Waals surface area contributed by atoms with E-state index in [1.165, 1.54) is 12.1 Å². The fraction of sp³-hybridized carbons (Fsp3) is 0.300. The molecule has 1 fully saturated rings. The first kappa shape index (κ1) is 18.2. The maximum absolute atomic E-state index is 13.7. The number of ether oxygens (including phenoxy) is 1. The van der Waals surface area contributed by atoms with Crippen LogP contribution in [0.4, 0.5) is 15.8 Å². The largest absolute Gasteiger partial charge is 0.378 e. The average Bonchev–Trinajstić information content (AvgIpc) is 2.69. The van der Waals surface area contributed by atoms with Gasteiger partial charge >= 0.3 is 0 Å². The molecule has 8 heteroatoms. The smallest absolute Gasteiger partial charge is 0.222 e. The van der Waals surface area contributed by atoms with Crippen LogP contribution >= 0.6 is 0 Å². The molecule has 0 radical (unpaired) electrons. The minimum absolute atomic E-state index is 0.179. The van der Waals surface area contributed by atoms with E-state index in [4.69, 9.17) is 10.5 Å². The van der Waals surface area contributed by atoms with E-state index in [0.29, 0.717) is 38.0 Å². The molecule has 1 atom stereocenters. The number of benzene rings is 2. The second kappa shape index (κ2) is 7.85. The highest BCUT2D eigenvalue weighted by Crippen LogP contribution is 2.25. The van der Waals surface area contributed by atoms with Gasteiger partial charge in [-0.2, -0.15) is 4.99 Å². The summed E-state index contributed by atoms with van der Waals surface area (Å²) in [6.45, 7) is 4.71. The van der Waals surface area contributed by atoms with Crippen LogP contribution in [0, 0.1) is 12.7 Å². The number of aryl methyl sites for hydroxylation is 1. The Morgan fingerprint density at radius 3 is 2.61 bits per heavy atom. The van der Waals surface area contributed by atoms with Gasteiger partial charge in [0.25, 0.3) is 0 Å². The van der Waals surface area contributed by atoms with E-state index in [9.17, 15) is 4.39 Å². The number of anilines is 2. The molecule has 0 bridgehead atoms. The Hall–Kier alpha value is -3.13. The first-order valence-electron chi connectivity index (χ1n) is 9.23. The Bertz CT molecular complexity index is 892. The molecule has 146 valence electrons. The molecule has 3 N–H and O–H groups in total. The number of halogens is 1. The lowest BCUT2D eigenvalue weighted by Gasteiger charge is -2.41. The third kappa shape index (κ3) is 3.91. The number of nitrogens with two attached hydrogens (primary N) is 1. The second-order valence-corrected chi connectivity index (χ2v) is 6.73. The van der Waals surface area contributed by atoms with Crippen molar-refractivity contribution in [3.8, 4) is 0 Å². The van der Waals surface area contributed by atoms with E-state index in [-0.39, 0.29) is 11.8 Å². The molecule has 0 aliphatic carbocycles. The number of hydrogen-bond acceptors (Lipinski definition) is 7. The van der Waals surface area contributed by atoms with Crippen molar-refractivity contribution >= 4 is 23.3 Å². The lowest BCUT2D eigenvalue weighted by atomic mass is 10.2. The highest BCUT2D eigenvalue weighted by atomic mass is 19.1. The molecular weight excluding hydrogens is 359 g/mol. The summed E-state index contributed by atoms with van der Waals surface area (Å²) in [6, 6.07) is 14.4. The summed E-state index contributed by atoms with van der Waals surface area (Å²) in [6.07, 6.45) is -0.556. The van der Waals surface area contributed by atoms with Crippen LogP contribution in [0.2, 0.25) is 0 Å². The fourth-order valence-electron chi connectivity index (χ4n) is 3.25. The van der Waals surface area contributed by atoms with Crippen LogP contribution in [0.1, 0.15) is 5.56 Å². The van der Waals surface area contributed by atoms with Crippen LogP contribution < -0.4 is 16.0 Å².